The molecule has 0 aliphatic heterocycles. The summed E-state index contributed by atoms with van der Waals surface area (Å²) < 4.78 is 10.4. The molecule has 1 atom stereocenters. The molecule has 0 radical (unpaired) electrons. The van der Waals surface area contributed by atoms with Gasteiger partial charge in [-0.1, -0.05) is 60.7 Å². The van der Waals surface area contributed by atoms with Crippen molar-refractivity contribution < 1.29 is 19.1 Å². The predicted molar refractivity (Wildman–Crippen MR) is 109 cm³/mol. The van der Waals surface area contributed by atoms with Gasteiger partial charge in [-0.25, -0.2) is 0 Å². The molecule has 0 heterocycles. The van der Waals surface area contributed by atoms with E-state index in [4.69, 9.17) is 9.47 Å². The summed E-state index contributed by atoms with van der Waals surface area (Å²) in [5.41, 5.74) is 2.16. The zero-order valence-corrected chi connectivity index (χ0v) is 16.4. The van der Waals surface area contributed by atoms with Gasteiger partial charge in [0, 0.05) is 13.1 Å². The molecule has 1 unspecified atom stereocenters. The highest BCUT2D eigenvalue weighted by Gasteiger charge is 2.19. The lowest BCUT2D eigenvalue weighted by molar-refractivity contribution is -0.148. The highest BCUT2D eigenvalue weighted by molar-refractivity contribution is 5.72. The molecule has 0 saturated heterocycles. The molecule has 2 rings (SSSR count). The molecular weight excluding hydrogens is 354 g/mol. The number of esters is 2. The number of hydrogen-bond donors (Lipinski definition) is 1. The number of hydrogen-bond acceptors (Lipinski definition) is 5. The number of ether oxygens (including phenoxy) is 2. The molecule has 0 bridgehead atoms. The maximum atomic E-state index is 12.2. The third-order valence-electron chi connectivity index (χ3n) is 4.38. The van der Waals surface area contributed by atoms with Crippen LogP contribution >= 0.6 is 0 Å². The van der Waals surface area contributed by atoms with Crippen LogP contribution in [0.5, 0.6) is 0 Å². The Labute approximate surface area is 167 Å². The minimum atomic E-state index is -0.256. The van der Waals surface area contributed by atoms with E-state index in [9.17, 15) is 9.59 Å². The fourth-order valence-corrected chi connectivity index (χ4v) is 2.83. The summed E-state index contributed by atoms with van der Waals surface area (Å²) in [5, 5.41) is 3.19. The molecule has 5 heteroatoms. The van der Waals surface area contributed by atoms with Crippen molar-refractivity contribution >= 4 is 11.9 Å². The van der Waals surface area contributed by atoms with Crippen LogP contribution in [0.15, 0.2) is 60.7 Å². The van der Waals surface area contributed by atoms with Gasteiger partial charge in [-0.2, -0.15) is 0 Å². The minimum absolute atomic E-state index is 0.197. The van der Waals surface area contributed by atoms with Crippen LogP contribution in [0.4, 0.5) is 0 Å². The van der Waals surface area contributed by atoms with E-state index in [-0.39, 0.29) is 30.9 Å². The van der Waals surface area contributed by atoms with Gasteiger partial charge in [0.25, 0.3) is 0 Å². The molecule has 0 aromatic heterocycles. The van der Waals surface area contributed by atoms with Gasteiger partial charge in [0.05, 0.1) is 18.9 Å². The number of benzene rings is 2. The molecule has 2 aromatic rings. The van der Waals surface area contributed by atoms with Crippen LogP contribution in [0.1, 0.15) is 30.9 Å². The van der Waals surface area contributed by atoms with E-state index in [0.717, 1.165) is 12.0 Å². The number of aryl methyl sites for hydroxylation is 1. The molecule has 1 N–H and O–H groups in total. The molecule has 2 aromatic carbocycles. The van der Waals surface area contributed by atoms with Crippen molar-refractivity contribution in [2.45, 2.75) is 32.8 Å². The SMILES string of the molecule is CCOC(=O)C(CCc1ccccc1)CNCCC(=O)OCc1ccccc1. The molecule has 0 fully saturated rings. The minimum Gasteiger partial charge on any atom is -0.466 e. The summed E-state index contributed by atoms with van der Waals surface area (Å²) in [6, 6.07) is 19.7. The molecule has 0 saturated carbocycles. The number of carbonyl (C=O) groups excluding carboxylic acids is 2. The third-order valence-corrected chi connectivity index (χ3v) is 4.38. The molecule has 0 amide bonds. The number of rotatable bonds is 12. The number of carbonyl (C=O) groups is 2. The highest BCUT2D eigenvalue weighted by Crippen LogP contribution is 2.11. The second-order valence-corrected chi connectivity index (χ2v) is 6.57. The molecule has 0 aliphatic rings. The normalized spacial score (nSPS) is 11.6. The lowest BCUT2D eigenvalue weighted by atomic mass is 9.99. The first-order valence-electron chi connectivity index (χ1n) is 9.80. The second kappa shape index (κ2) is 12.7. The first-order chi connectivity index (χ1) is 13.7. The van der Waals surface area contributed by atoms with Crippen molar-refractivity contribution in [2.75, 3.05) is 19.7 Å². The van der Waals surface area contributed by atoms with E-state index in [1.54, 1.807) is 0 Å². The van der Waals surface area contributed by atoms with E-state index in [1.165, 1.54) is 5.56 Å². The summed E-state index contributed by atoms with van der Waals surface area (Å²) in [4.78, 5) is 24.1. The predicted octanol–water partition coefficient (Wildman–Crippen LogP) is 3.52. The Morgan fingerprint density at radius 3 is 2.21 bits per heavy atom. The Hall–Kier alpha value is -2.66. The molecule has 0 aliphatic carbocycles. The smallest absolute Gasteiger partial charge is 0.310 e. The Kier molecular flexibility index (Phi) is 9.80. The summed E-state index contributed by atoms with van der Waals surface area (Å²) >= 11 is 0. The second-order valence-electron chi connectivity index (χ2n) is 6.57. The van der Waals surface area contributed by atoms with E-state index < -0.39 is 0 Å². The lowest BCUT2D eigenvalue weighted by Gasteiger charge is -2.16. The first-order valence-corrected chi connectivity index (χ1v) is 9.80. The molecular formula is C23H29NO4. The van der Waals surface area contributed by atoms with Crippen molar-refractivity contribution in [3.63, 3.8) is 0 Å². The highest BCUT2D eigenvalue weighted by atomic mass is 16.5. The first kappa shape index (κ1) is 21.6. The monoisotopic (exact) mass is 383 g/mol. The van der Waals surface area contributed by atoms with Crippen LogP contribution in [0.3, 0.4) is 0 Å². The fourth-order valence-electron chi connectivity index (χ4n) is 2.83. The maximum absolute atomic E-state index is 12.2. The van der Waals surface area contributed by atoms with Crippen LogP contribution in [0.2, 0.25) is 0 Å². The largest absolute Gasteiger partial charge is 0.466 e. The van der Waals surface area contributed by atoms with Crippen LogP contribution in [-0.2, 0) is 32.1 Å². The molecule has 150 valence electrons. The van der Waals surface area contributed by atoms with Crippen LogP contribution in [0, 0.1) is 5.92 Å². The zero-order valence-electron chi connectivity index (χ0n) is 16.4. The fraction of sp³-hybridized carbons (Fsp3) is 0.391. The lowest BCUT2D eigenvalue weighted by Crippen LogP contribution is -2.32. The summed E-state index contributed by atoms with van der Waals surface area (Å²) in [5.74, 6) is -0.689. The van der Waals surface area contributed by atoms with Gasteiger partial charge in [-0.05, 0) is 30.9 Å². The van der Waals surface area contributed by atoms with Gasteiger partial charge < -0.3 is 14.8 Å². The maximum Gasteiger partial charge on any atom is 0.310 e. The van der Waals surface area contributed by atoms with Gasteiger partial charge in [-0.3, -0.25) is 9.59 Å². The topological polar surface area (TPSA) is 64.6 Å². The van der Waals surface area contributed by atoms with Gasteiger partial charge in [-0.15, -0.1) is 0 Å². The average Bonchev–Trinajstić information content (AvgIpc) is 2.73. The summed E-state index contributed by atoms with van der Waals surface area (Å²) in [6.07, 6.45) is 1.78. The van der Waals surface area contributed by atoms with Crippen molar-refractivity contribution in [1.29, 1.82) is 0 Å². The van der Waals surface area contributed by atoms with Gasteiger partial charge in [0.15, 0.2) is 0 Å². The van der Waals surface area contributed by atoms with E-state index in [0.29, 0.717) is 26.1 Å². The van der Waals surface area contributed by atoms with E-state index in [2.05, 4.69) is 17.4 Å². The van der Waals surface area contributed by atoms with Gasteiger partial charge in [0.1, 0.15) is 6.61 Å². The zero-order chi connectivity index (χ0) is 20.0. The van der Waals surface area contributed by atoms with Crippen LogP contribution in [-0.4, -0.2) is 31.6 Å². The van der Waals surface area contributed by atoms with Crippen molar-refractivity contribution in [3.05, 3.63) is 71.8 Å². The summed E-state index contributed by atoms with van der Waals surface area (Å²) in [7, 11) is 0. The van der Waals surface area contributed by atoms with Crippen molar-refractivity contribution in [3.8, 4) is 0 Å². The third kappa shape index (κ3) is 8.35. The quantitative estimate of drug-likeness (QED) is 0.449. The Morgan fingerprint density at radius 1 is 0.929 bits per heavy atom. The Bertz CT molecular complexity index is 703. The summed E-state index contributed by atoms with van der Waals surface area (Å²) in [6.45, 7) is 3.41. The van der Waals surface area contributed by atoms with Gasteiger partial charge in [0.2, 0.25) is 0 Å². The molecule has 0 spiro atoms. The Balaban J connectivity index is 1.69. The number of nitrogens with one attached hydrogen (secondary N) is 1. The average molecular weight is 383 g/mol. The van der Waals surface area contributed by atoms with Crippen LogP contribution in [0.25, 0.3) is 0 Å². The van der Waals surface area contributed by atoms with E-state index in [1.807, 2.05) is 55.5 Å². The van der Waals surface area contributed by atoms with Gasteiger partial charge >= 0.3 is 11.9 Å². The standard InChI is InChI=1S/C23H29NO4/c1-2-27-23(26)21(14-13-19-9-5-3-6-10-19)17-24-16-15-22(25)28-18-20-11-7-4-8-12-20/h3-12,21,24H,2,13-18H2,1H3. The van der Waals surface area contributed by atoms with Crippen molar-refractivity contribution in [1.82, 2.24) is 5.32 Å². The van der Waals surface area contributed by atoms with Crippen molar-refractivity contribution in [2.24, 2.45) is 5.92 Å². The molecule has 5 nitrogen and oxygen atoms in total. The van der Waals surface area contributed by atoms with E-state index >= 15 is 0 Å². The molecule has 28 heavy (non-hydrogen) atoms. The Morgan fingerprint density at radius 2 is 1.57 bits per heavy atom. The van der Waals surface area contributed by atoms with Crippen LogP contribution < -0.4 is 5.32 Å².